The zero-order valence-corrected chi connectivity index (χ0v) is 16.6. The maximum Gasteiger partial charge on any atom is 0.225 e. The van der Waals surface area contributed by atoms with Crippen molar-refractivity contribution in [1.82, 2.24) is 14.9 Å². The Kier molecular flexibility index (Phi) is 4.97. The molecule has 0 saturated heterocycles. The number of ether oxygens (including phenoxy) is 1. The van der Waals surface area contributed by atoms with Crippen LogP contribution in [0.25, 0.3) is 10.2 Å². The van der Waals surface area contributed by atoms with Gasteiger partial charge in [-0.15, -0.1) is 11.3 Å². The molecule has 0 N–H and O–H groups in total. The third-order valence-electron chi connectivity index (χ3n) is 6.03. The molecule has 5 nitrogen and oxygen atoms in total. The lowest BCUT2D eigenvalue weighted by molar-refractivity contribution is -0.121. The van der Waals surface area contributed by atoms with E-state index in [1.165, 1.54) is 23.3 Å². The number of carbonyl (C=O) groups is 1. The molecule has 2 aliphatic carbocycles. The second kappa shape index (κ2) is 7.24. The molecule has 0 spiro atoms. The topological polar surface area (TPSA) is 55.3 Å². The maximum absolute atomic E-state index is 11.9. The molecule has 0 aliphatic heterocycles. The Balaban J connectivity index is 1.58. The summed E-state index contributed by atoms with van der Waals surface area (Å²) in [4.78, 5) is 25.5. The number of fused-ring (bicyclic) bond motifs is 3. The summed E-state index contributed by atoms with van der Waals surface area (Å²) >= 11 is 1.74. The fourth-order valence-corrected chi connectivity index (χ4v) is 5.53. The molecule has 1 atom stereocenters. The number of carbonyl (C=O) groups excluding carboxylic acids is 1. The van der Waals surface area contributed by atoms with Crippen molar-refractivity contribution in [3.8, 4) is 5.88 Å². The number of aromatic nitrogens is 2. The molecule has 0 bridgehead atoms. The first-order chi connectivity index (χ1) is 12.5. The van der Waals surface area contributed by atoms with Gasteiger partial charge in [0.1, 0.15) is 23.0 Å². The van der Waals surface area contributed by atoms with Crippen LogP contribution in [0.5, 0.6) is 5.88 Å². The SMILES string of the molecule is CC(=O)[C@H]1CCc2sc3ncnc(O[C@H]4CC[C@H](N(C)C)CC4)c3c2C1. The summed E-state index contributed by atoms with van der Waals surface area (Å²) in [5, 5.41) is 1.06. The Labute approximate surface area is 158 Å². The monoisotopic (exact) mass is 373 g/mol. The van der Waals surface area contributed by atoms with Crippen LogP contribution in [0.1, 0.15) is 49.5 Å². The van der Waals surface area contributed by atoms with Gasteiger partial charge in [0.05, 0.1) is 5.39 Å². The predicted octanol–water partition coefficient (Wildman–Crippen LogP) is 3.64. The normalized spacial score (nSPS) is 26.1. The second-order valence-corrected chi connectivity index (χ2v) is 9.01. The average Bonchev–Trinajstić information content (AvgIpc) is 3.00. The molecule has 0 aromatic carbocycles. The van der Waals surface area contributed by atoms with Crippen molar-refractivity contribution in [1.29, 1.82) is 0 Å². The lowest BCUT2D eigenvalue weighted by Crippen LogP contribution is -2.35. The summed E-state index contributed by atoms with van der Waals surface area (Å²) in [5.41, 5.74) is 1.26. The molecule has 2 aromatic heterocycles. The van der Waals surface area contributed by atoms with Crippen LogP contribution in [-0.4, -0.2) is 46.9 Å². The van der Waals surface area contributed by atoms with E-state index in [9.17, 15) is 4.79 Å². The van der Waals surface area contributed by atoms with E-state index in [-0.39, 0.29) is 17.8 Å². The number of rotatable bonds is 4. The van der Waals surface area contributed by atoms with E-state index < -0.39 is 0 Å². The largest absolute Gasteiger partial charge is 0.474 e. The number of hydrogen-bond donors (Lipinski definition) is 0. The molecule has 1 saturated carbocycles. The van der Waals surface area contributed by atoms with E-state index in [1.54, 1.807) is 24.6 Å². The van der Waals surface area contributed by atoms with Crippen molar-refractivity contribution in [3.63, 3.8) is 0 Å². The quantitative estimate of drug-likeness (QED) is 0.819. The van der Waals surface area contributed by atoms with E-state index >= 15 is 0 Å². The standard InChI is InChI=1S/C20H27N3O2S/c1-12(24)13-4-9-17-16(10-13)18-19(21-11-22-20(18)26-17)25-15-7-5-14(6-8-15)23(2)3/h11,13-15H,4-10H2,1-3H3/t13-,14-,15-/m0/s1. The number of Topliss-reactive ketones (excluding diaryl/α,β-unsaturated/α-hetero) is 1. The average molecular weight is 374 g/mol. The van der Waals surface area contributed by atoms with Crippen LogP contribution in [-0.2, 0) is 17.6 Å². The van der Waals surface area contributed by atoms with Crippen LogP contribution in [0, 0.1) is 5.92 Å². The van der Waals surface area contributed by atoms with Crippen LogP contribution in [0.4, 0.5) is 0 Å². The highest BCUT2D eigenvalue weighted by molar-refractivity contribution is 7.18. The van der Waals surface area contributed by atoms with E-state index in [4.69, 9.17) is 4.74 Å². The maximum atomic E-state index is 11.9. The van der Waals surface area contributed by atoms with Crippen LogP contribution < -0.4 is 4.74 Å². The molecule has 0 amide bonds. The van der Waals surface area contributed by atoms with Gasteiger partial charge in [0.2, 0.25) is 5.88 Å². The first kappa shape index (κ1) is 17.9. The summed E-state index contributed by atoms with van der Waals surface area (Å²) in [7, 11) is 4.31. The summed E-state index contributed by atoms with van der Waals surface area (Å²) < 4.78 is 6.37. The van der Waals surface area contributed by atoms with Crippen molar-refractivity contribution in [2.24, 2.45) is 5.92 Å². The molecule has 26 heavy (non-hydrogen) atoms. The van der Waals surface area contributed by atoms with Crippen molar-refractivity contribution in [2.75, 3.05) is 14.1 Å². The van der Waals surface area contributed by atoms with Crippen molar-refractivity contribution in [3.05, 3.63) is 16.8 Å². The summed E-state index contributed by atoms with van der Waals surface area (Å²) in [6.45, 7) is 1.71. The van der Waals surface area contributed by atoms with Gasteiger partial charge in [-0.3, -0.25) is 4.79 Å². The summed E-state index contributed by atoms with van der Waals surface area (Å²) in [6, 6.07) is 0.658. The molecule has 0 unspecified atom stereocenters. The van der Waals surface area contributed by atoms with Crippen molar-refractivity contribution in [2.45, 2.75) is 64.0 Å². The van der Waals surface area contributed by atoms with Crippen LogP contribution in [0.2, 0.25) is 0 Å². The number of aryl methyl sites for hydroxylation is 1. The van der Waals surface area contributed by atoms with Gasteiger partial charge in [0.25, 0.3) is 0 Å². The van der Waals surface area contributed by atoms with Crippen molar-refractivity contribution < 1.29 is 9.53 Å². The van der Waals surface area contributed by atoms with Gasteiger partial charge >= 0.3 is 0 Å². The molecule has 2 heterocycles. The van der Waals surface area contributed by atoms with Gasteiger partial charge < -0.3 is 9.64 Å². The lowest BCUT2D eigenvalue weighted by Gasteiger charge is -2.32. The molecular weight excluding hydrogens is 346 g/mol. The zero-order valence-electron chi connectivity index (χ0n) is 15.8. The first-order valence-corrected chi connectivity index (χ1v) is 10.4. The van der Waals surface area contributed by atoms with Crippen LogP contribution in [0.15, 0.2) is 6.33 Å². The first-order valence-electron chi connectivity index (χ1n) is 9.61. The van der Waals surface area contributed by atoms with Crippen LogP contribution in [0.3, 0.4) is 0 Å². The van der Waals surface area contributed by atoms with E-state index in [1.807, 2.05) is 0 Å². The molecule has 0 radical (unpaired) electrons. The molecule has 2 aliphatic rings. The van der Waals surface area contributed by atoms with Crippen LogP contribution >= 0.6 is 11.3 Å². The minimum absolute atomic E-state index is 0.129. The molecule has 140 valence electrons. The summed E-state index contributed by atoms with van der Waals surface area (Å²) in [6.07, 6.45) is 9.04. The van der Waals surface area contributed by atoms with E-state index in [0.29, 0.717) is 6.04 Å². The van der Waals surface area contributed by atoms with Gasteiger partial charge in [-0.05, 0) is 71.5 Å². The zero-order chi connectivity index (χ0) is 18.3. The highest BCUT2D eigenvalue weighted by atomic mass is 32.1. The third kappa shape index (κ3) is 3.37. The molecular formula is C20H27N3O2S. The Morgan fingerprint density at radius 3 is 2.65 bits per heavy atom. The lowest BCUT2D eigenvalue weighted by atomic mass is 9.85. The van der Waals surface area contributed by atoms with Gasteiger partial charge in [0.15, 0.2) is 0 Å². The molecule has 1 fully saturated rings. The second-order valence-electron chi connectivity index (χ2n) is 7.93. The van der Waals surface area contributed by atoms with Crippen molar-refractivity contribution >= 4 is 27.3 Å². The highest BCUT2D eigenvalue weighted by Gasteiger charge is 2.29. The van der Waals surface area contributed by atoms with E-state index in [0.717, 1.165) is 48.2 Å². The van der Waals surface area contributed by atoms with E-state index in [2.05, 4.69) is 29.0 Å². The summed E-state index contributed by atoms with van der Waals surface area (Å²) in [5.74, 6) is 1.14. The fourth-order valence-electron chi connectivity index (χ4n) is 4.35. The van der Waals surface area contributed by atoms with Gasteiger partial charge in [-0.1, -0.05) is 0 Å². The smallest absolute Gasteiger partial charge is 0.225 e. The molecule has 4 rings (SSSR count). The van der Waals surface area contributed by atoms with Gasteiger partial charge in [-0.2, -0.15) is 0 Å². The Bertz CT molecular complexity index is 809. The third-order valence-corrected chi connectivity index (χ3v) is 7.23. The Morgan fingerprint density at radius 2 is 1.96 bits per heavy atom. The van der Waals surface area contributed by atoms with Gasteiger partial charge in [-0.25, -0.2) is 9.97 Å². The number of ketones is 1. The highest BCUT2D eigenvalue weighted by Crippen LogP contribution is 2.41. The number of nitrogens with zero attached hydrogens (tertiary/aromatic N) is 3. The number of thiophene rings is 1. The Hall–Kier alpha value is -1.53. The Morgan fingerprint density at radius 1 is 1.19 bits per heavy atom. The fraction of sp³-hybridized carbons (Fsp3) is 0.650. The van der Waals surface area contributed by atoms with Gasteiger partial charge in [0, 0.05) is 16.8 Å². The molecule has 6 heteroatoms. The number of hydrogen-bond acceptors (Lipinski definition) is 6. The minimum atomic E-state index is 0.129. The minimum Gasteiger partial charge on any atom is -0.474 e. The predicted molar refractivity (Wildman–Crippen MR) is 104 cm³/mol. The molecule has 2 aromatic rings.